The van der Waals surface area contributed by atoms with Gasteiger partial charge in [-0.3, -0.25) is 0 Å². The molecule has 100 valence electrons. The minimum Gasteiger partial charge on any atom is -0.493 e. The summed E-state index contributed by atoms with van der Waals surface area (Å²) in [5.41, 5.74) is 2.52. The molecule has 0 spiro atoms. The van der Waals surface area contributed by atoms with E-state index in [0.717, 1.165) is 25.3 Å². The van der Waals surface area contributed by atoms with E-state index in [9.17, 15) is 5.11 Å². The van der Waals surface area contributed by atoms with E-state index in [1.165, 1.54) is 11.1 Å². The Morgan fingerprint density at radius 3 is 2.94 bits per heavy atom. The van der Waals surface area contributed by atoms with Crippen LogP contribution in [0, 0.1) is 5.41 Å². The van der Waals surface area contributed by atoms with Crippen LogP contribution in [0.3, 0.4) is 0 Å². The van der Waals surface area contributed by atoms with Crippen molar-refractivity contribution in [3.05, 3.63) is 29.3 Å². The van der Waals surface area contributed by atoms with Gasteiger partial charge in [-0.05, 0) is 24.1 Å². The van der Waals surface area contributed by atoms with E-state index < -0.39 is 0 Å². The van der Waals surface area contributed by atoms with Crippen molar-refractivity contribution in [1.82, 2.24) is 5.32 Å². The summed E-state index contributed by atoms with van der Waals surface area (Å²) in [6.07, 6.45) is 1.01. The first-order valence-electron chi connectivity index (χ1n) is 6.62. The Labute approximate surface area is 109 Å². The number of aliphatic hydroxyl groups is 1. The Bertz CT molecular complexity index is 415. The van der Waals surface area contributed by atoms with Crippen LogP contribution in [0.4, 0.5) is 0 Å². The van der Waals surface area contributed by atoms with Gasteiger partial charge in [0.15, 0.2) is 0 Å². The van der Waals surface area contributed by atoms with E-state index in [0.29, 0.717) is 6.04 Å². The van der Waals surface area contributed by atoms with Crippen LogP contribution in [0.1, 0.15) is 37.9 Å². The van der Waals surface area contributed by atoms with E-state index in [-0.39, 0.29) is 12.0 Å². The number of fused-ring (bicyclic) bond motifs is 1. The smallest absolute Gasteiger partial charge is 0.122 e. The fourth-order valence-corrected chi connectivity index (χ4v) is 2.08. The van der Waals surface area contributed by atoms with Crippen LogP contribution in [0.5, 0.6) is 5.75 Å². The normalized spacial score (nSPS) is 16.2. The molecule has 0 saturated carbocycles. The third kappa shape index (κ3) is 3.03. The predicted octanol–water partition coefficient (Wildman–Crippen LogP) is 2.29. The number of hydrogen-bond donors (Lipinski definition) is 2. The van der Waals surface area contributed by atoms with Crippen LogP contribution in [-0.4, -0.2) is 24.9 Å². The zero-order chi connectivity index (χ0) is 13.2. The second-order valence-electron chi connectivity index (χ2n) is 5.89. The molecule has 2 N–H and O–H groups in total. The summed E-state index contributed by atoms with van der Waals surface area (Å²) in [5, 5.41) is 12.7. The minimum absolute atomic E-state index is 0.0753. The standard InChI is InChI=1S/C15H23NO2/c1-11(16-9-15(2,3)10-17)12-4-5-14-13(8-12)6-7-18-14/h4-5,8,11,16-17H,6-7,9-10H2,1-3H3. The predicted molar refractivity (Wildman–Crippen MR) is 72.9 cm³/mol. The summed E-state index contributed by atoms with van der Waals surface area (Å²) in [6.45, 7) is 8.08. The Kier molecular flexibility index (Phi) is 3.93. The average molecular weight is 249 g/mol. The van der Waals surface area contributed by atoms with Crippen LogP contribution in [0.15, 0.2) is 18.2 Å². The van der Waals surface area contributed by atoms with Crippen LogP contribution in [0.25, 0.3) is 0 Å². The fraction of sp³-hybridized carbons (Fsp3) is 0.600. The first-order valence-corrected chi connectivity index (χ1v) is 6.62. The molecule has 0 bridgehead atoms. The van der Waals surface area contributed by atoms with Gasteiger partial charge in [0.1, 0.15) is 5.75 Å². The van der Waals surface area contributed by atoms with Gasteiger partial charge in [0.2, 0.25) is 0 Å². The summed E-state index contributed by atoms with van der Waals surface area (Å²) in [4.78, 5) is 0. The molecular weight excluding hydrogens is 226 g/mol. The van der Waals surface area contributed by atoms with Gasteiger partial charge in [-0.2, -0.15) is 0 Å². The van der Waals surface area contributed by atoms with E-state index in [2.05, 4.69) is 44.3 Å². The maximum absolute atomic E-state index is 9.25. The lowest BCUT2D eigenvalue weighted by molar-refractivity contribution is 0.154. The van der Waals surface area contributed by atoms with Crippen molar-refractivity contribution in [3.63, 3.8) is 0 Å². The molecule has 1 unspecified atom stereocenters. The van der Waals surface area contributed by atoms with Gasteiger partial charge >= 0.3 is 0 Å². The Morgan fingerprint density at radius 1 is 1.44 bits per heavy atom. The molecule has 1 aliphatic heterocycles. The topological polar surface area (TPSA) is 41.5 Å². The van der Waals surface area contributed by atoms with Gasteiger partial charge < -0.3 is 15.2 Å². The molecule has 0 aromatic heterocycles. The summed E-state index contributed by atoms with van der Waals surface area (Å²) in [6, 6.07) is 6.70. The first-order chi connectivity index (χ1) is 8.52. The molecule has 1 aromatic rings. The molecule has 0 saturated heterocycles. The zero-order valence-electron chi connectivity index (χ0n) is 11.5. The fourth-order valence-electron chi connectivity index (χ4n) is 2.08. The molecule has 1 aliphatic rings. The largest absolute Gasteiger partial charge is 0.493 e. The zero-order valence-corrected chi connectivity index (χ0v) is 11.5. The molecule has 1 atom stereocenters. The molecule has 0 amide bonds. The van der Waals surface area contributed by atoms with Crippen LogP contribution >= 0.6 is 0 Å². The maximum atomic E-state index is 9.25. The molecule has 3 heteroatoms. The number of rotatable bonds is 5. The molecule has 0 fully saturated rings. The molecule has 1 heterocycles. The monoisotopic (exact) mass is 249 g/mol. The minimum atomic E-state index is -0.0753. The van der Waals surface area contributed by atoms with Crippen LogP contribution in [0.2, 0.25) is 0 Å². The molecule has 0 aliphatic carbocycles. The van der Waals surface area contributed by atoms with Gasteiger partial charge in [-0.15, -0.1) is 0 Å². The van der Waals surface area contributed by atoms with Crippen molar-refractivity contribution in [1.29, 1.82) is 0 Å². The number of ether oxygens (including phenoxy) is 1. The Morgan fingerprint density at radius 2 is 2.22 bits per heavy atom. The lowest BCUT2D eigenvalue weighted by Gasteiger charge is -2.25. The number of nitrogens with one attached hydrogen (secondary N) is 1. The summed E-state index contributed by atoms with van der Waals surface area (Å²) < 4.78 is 5.51. The second-order valence-corrected chi connectivity index (χ2v) is 5.89. The molecule has 2 rings (SSSR count). The van der Waals surface area contributed by atoms with Gasteiger partial charge in [0.25, 0.3) is 0 Å². The maximum Gasteiger partial charge on any atom is 0.122 e. The third-order valence-corrected chi connectivity index (χ3v) is 3.53. The molecule has 0 radical (unpaired) electrons. The third-order valence-electron chi connectivity index (χ3n) is 3.53. The van der Waals surface area contributed by atoms with Crippen molar-refractivity contribution in [2.24, 2.45) is 5.41 Å². The molecule has 1 aromatic carbocycles. The summed E-state index contributed by atoms with van der Waals surface area (Å²) in [5.74, 6) is 1.03. The highest BCUT2D eigenvalue weighted by atomic mass is 16.5. The highest BCUT2D eigenvalue weighted by Crippen LogP contribution is 2.28. The first kappa shape index (κ1) is 13.4. The number of benzene rings is 1. The van der Waals surface area contributed by atoms with Crippen molar-refractivity contribution in [3.8, 4) is 5.75 Å². The molecule has 18 heavy (non-hydrogen) atoms. The van der Waals surface area contributed by atoms with Gasteiger partial charge in [-0.1, -0.05) is 26.0 Å². The van der Waals surface area contributed by atoms with Crippen molar-refractivity contribution >= 4 is 0 Å². The van der Waals surface area contributed by atoms with E-state index in [4.69, 9.17) is 4.74 Å². The van der Waals surface area contributed by atoms with Crippen LogP contribution < -0.4 is 10.1 Å². The SMILES string of the molecule is CC(NCC(C)(C)CO)c1ccc2c(c1)CCO2. The van der Waals surface area contributed by atoms with E-state index in [1.54, 1.807) is 0 Å². The van der Waals surface area contributed by atoms with Gasteiger partial charge in [0, 0.05) is 31.0 Å². The average Bonchev–Trinajstić information content (AvgIpc) is 2.83. The highest BCUT2D eigenvalue weighted by Gasteiger charge is 2.19. The van der Waals surface area contributed by atoms with Crippen molar-refractivity contribution in [2.75, 3.05) is 19.8 Å². The molecular formula is C15H23NO2. The van der Waals surface area contributed by atoms with Crippen LogP contribution in [-0.2, 0) is 6.42 Å². The number of aliphatic hydroxyl groups excluding tert-OH is 1. The Balaban J connectivity index is 1.99. The van der Waals surface area contributed by atoms with Crippen molar-refractivity contribution in [2.45, 2.75) is 33.2 Å². The second kappa shape index (κ2) is 5.29. The number of hydrogen-bond acceptors (Lipinski definition) is 3. The summed E-state index contributed by atoms with van der Waals surface area (Å²) >= 11 is 0. The summed E-state index contributed by atoms with van der Waals surface area (Å²) in [7, 11) is 0. The van der Waals surface area contributed by atoms with Gasteiger partial charge in [0.05, 0.1) is 6.61 Å². The van der Waals surface area contributed by atoms with Gasteiger partial charge in [-0.25, -0.2) is 0 Å². The lowest BCUT2D eigenvalue weighted by Crippen LogP contribution is -2.33. The van der Waals surface area contributed by atoms with E-state index in [1.807, 2.05) is 0 Å². The van der Waals surface area contributed by atoms with Crippen molar-refractivity contribution < 1.29 is 9.84 Å². The molecule has 3 nitrogen and oxygen atoms in total. The quantitative estimate of drug-likeness (QED) is 0.841. The Hall–Kier alpha value is -1.06. The lowest BCUT2D eigenvalue weighted by atomic mass is 9.94. The highest BCUT2D eigenvalue weighted by molar-refractivity contribution is 5.40. The van der Waals surface area contributed by atoms with E-state index >= 15 is 0 Å².